The van der Waals surface area contributed by atoms with E-state index in [0.29, 0.717) is 0 Å². The number of benzene rings is 2. The van der Waals surface area contributed by atoms with Crippen molar-refractivity contribution in [3.63, 3.8) is 0 Å². The van der Waals surface area contributed by atoms with E-state index in [9.17, 15) is 14.3 Å². The Bertz CT molecular complexity index is 623. The highest BCUT2D eigenvalue weighted by molar-refractivity contribution is 6.40. The normalized spacial score (nSPS) is 10.3. The Balaban J connectivity index is 2.29. The third-order valence-corrected chi connectivity index (χ3v) is 2.95. The Hall–Kier alpha value is -1.78. The van der Waals surface area contributed by atoms with Crippen molar-refractivity contribution in [2.75, 3.05) is 5.32 Å². The van der Waals surface area contributed by atoms with Gasteiger partial charge in [0.2, 0.25) is 0 Å². The van der Waals surface area contributed by atoms with Gasteiger partial charge in [0, 0.05) is 5.56 Å². The van der Waals surface area contributed by atoms with Crippen LogP contribution in [0.25, 0.3) is 0 Å². The first-order valence-electron chi connectivity index (χ1n) is 5.22. The number of aromatic hydroxyl groups is 1. The summed E-state index contributed by atoms with van der Waals surface area (Å²) < 4.78 is 13.0. The summed E-state index contributed by atoms with van der Waals surface area (Å²) in [4.78, 5) is 11.9. The molecule has 2 aromatic rings. The number of hydrogen-bond donors (Lipinski definition) is 2. The van der Waals surface area contributed by atoms with Crippen LogP contribution >= 0.6 is 23.2 Å². The van der Waals surface area contributed by atoms with Gasteiger partial charge in [-0.25, -0.2) is 4.39 Å². The monoisotopic (exact) mass is 299 g/mol. The summed E-state index contributed by atoms with van der Waals surface area (Å²) in [6, 6.07) is 7.87. The molecular formula is C13H8Cl2FNO2. The molecule has 0 saturated carbocycles. The summed E-state index contributed by atoms with van der Waals surface area (Å²) in [5.41, 5.74) is 0.356. The largest absolute Gasteiger partial charge is 0.508 e. The quantitative estimate of drug-likeness (QED) is 0.877. The van der Waals surface area contributed by atoms with Crippen LogP contribution in [0.5, 0.6) is 5.75 Å². The molecule has 0 atom stereocenters. The fraction of sp³-hybridized carbons (Fsp3) is 0. The van der Waals surface area contributed by atoms with Gasteiger partial charge in [-0.05, 0) is 30.3 Å². The van der Waals surface area contributed by atoms with Crippen LogP contribution in [-0.4, -0.2) is 11.0 Å². The minimum absolute atomic E-state index is 0.00139. The zero-order valence-corrected chi connectivity index (χ0v) is 11.0. The molecule has 0 unspecified atom stereocenters. The van der Waals surface area contributed by atoms with Gasteiger partial charge in [0.15, 0.2) is 0 Å². The number of halogens is 3. The number of hydrogen-bond acceptors (Lipinski definition) is 2. The van der Waals surface area contributed by atoms with Crippen LogP contribution < -0.4 is 5.32 Å². The van der Waals surface area contributed by atoms with Gasteiger partial charge in [0.25, 0.3) is 5.91 Å². The SMILES string of the molecule is O=C(Nc1c(Cl)cc(F)cc1Cl)c1cccc(O)c1. The third kappa shape index (κ3) is 3.16. The second-order valence-corrected chi connectivity index (χ2v) is 4.56. The standard InChI is InChI=1S/C13H8Cl2FNO2/c14-10-5-8(16)6-11(15)12(10)17-13(19)7-2-1-3-9(18)4-7/h1-6,18H,(H,17,19). The topological polar surface area (TPSA) is 49.3 Å². The summed E-state index contributed by atoms with van der Waals surface area (Å²) in [6.45, 7) is 0. The Morgan fingerprint density at radius 2 is 1.79 bits per heavy atom. The summed E-state index contributed by atoms with van der Waals surface area (Å²) in [5, 5.41) is 11.8. The number of anilines is 1. The zero-order valence-electron chi connectivity index (χ0n) is 9.45. The second kappa shape index (κ2) is 5.47. The molecule has 3 nitrogen and oxygen atoms in total. The molecule has 0 aromatic heterocycles. The van der Waals surface area contributed by atoms with E-state index in [4.69, 9.17) is 23.2 Å². The molecule has 0 aliphatic carbocycles. The van der Waals surface area contributed by atoms with Crippen molar-refractivity contribution in [1.82, 2.24) is 0 Å². The fourth-order valence-electron chi connectivity index (χ4n) is 1.49. The minimum atomic E-state index is -0.592. The summed E-state index contributed by atoms with van der Waals surface area (Å²) in [6.07, 6.45) is 0. The Kier molecular flexibility index (Phi) is 3.93. The van der Waals surface area contributed by atoms with E-state index >= 15 is 0 Å². The highest BCUT2D eigenvalue weighted by Gasteiger charge is 2.13. The molecule has 2 N–H and O–H groups in total. The van der Waals surface area contributed by atoms with E-state index in [1.807, 2.05) is 0 Å². The van der Waals surface area contributed by atoms with Gasteiger partial charge in [-0.1, -0.05) is 29.3 Å². The van der Waals surface area contributed by atoms with Crippen LogP contribution in [0.4, 0.5) is 10.1 Å². The number of carbonyl (C=O) groups excluding carboxylic acids is 1. The van der Waals surface area contributed by atoms with Gasteiger partial charge in [0.05, 0.1) is 15.7 Å². The van der Waals surface area contributed by atoms with Crippen LogP contribution in [0.2, 0.25) is 10.0 Å². The Morgan fingerprint density at radius 3 is 2.37 bits per heavy atom. The van der Waals surface area contributed by atoms with Gasteiger partial charge in [0.1, 0.15) is 11.6 Å². The van der Waals surface area contributed by atoms with E-state index in [2.05, 4.69) is 5.32 Å². The van der Waals surface area contributed by atoms with E-state index in [1.54, 1.807) is 0 Å². The number of carbonyl (C=O) groups is 1. The number of phenols is 1. The van der Waals surface area contributed by atoms with E-state index < -0.39 is 11.7 Å². The number of rotatable bonds is 2. The molecule has 1 amide bonds. The van der Waals surface area contributed by atoms with Crippen LogP contribution in [0.3, 0.4) is 0 Å². The molecule has 0 radical (unpaired) electrons. The average Bonchev–Trinajstić information content (AvgIpc) is 2.33. The molecule has 0 bridgehead atoms. The molecule has 0 aliphatic heterocycles. The maximum absolute atomic E-state index is 13.0. The number of amides is 1. The predicted octanol–water partition coefficient (Wildman–Crippen LogP) is 4.09. The fourth-order valence-corrected chi connectivity index (χ4v) is 2.05. The maximum atomic E-state index is 13.0. The molecule has 0 heterocycles. The molecule has 0 saturated heterocycles. The average molecular weight is 300 g/mol. The lowest BCUT2D eigenvalue weighted by molar-refractivity contribution is 0.102. The molecule has 0 aliphatic rings. The zero-order chi connectivity index (χ0) is 14.0. The van der Waals surface area contributed by atoms with E-state index in [1.165, 1.54) is 24.3 Å². The van der Waals surface area contributed by atoms with Crippen LogP contribution in [-0.2, 0) is 0 Å². The van der Waals surface area contributed by atoms with E-state index in [-0.39, 0.29) is 27.0 Å². The molecule has 19 heavy (non-hydrogen) atoms. The first-order valence-corrected chi connectivity index (χ1v) is 5.98. The highest BCUT2D eigenvalue weighted by Crippen LogP contribution is 2.31. The summed E-state index contributed by atoms with van der Waals surface area (Å²) in [7, 11) is 0. The highest BCUT2D eigenvalue weighted by atomic mass is 35.5. The molecule has 2 rings (SSSR count). The van der Waals surface area contributed by atoms with Gasteiger partial charge in [-0.15, -0.1) is 0 Å². The van der Waals surface area contributed by atoms with Gasteiger partial charge in [-0.2, -0.15) is 0 Å². The van der Waals surface area contributed by atoms with Crippen LogP contribution in [0.15, 0.2) is 36.4 Å². The maximum Gasteiger partial charge on any atom is 0.255 e. The van der Waals surface area contributed by atoms with Gasteiger partial charge in [-0.3, -0.25) is 4.79 Å². The van der Waals surface area contributed by atoms with Crippen molar-refractivity contribution in [3.8, 4) is 5.75 Å². The number of phenolic OH excluding ortho intramolecular Hbond substituents is 1. The van der Waals surface area contributed by atoms with Crippen molar-refractivity contribution in [2.45, 2.75) is 0 Å². The minimum Gasteiger partial charge on any atom is -0.508 e. The third-order valence-electron chi connectivity index (χ3n) is 2.35. The first-order chi connectivity index (χ1) is 8.97. The summed E-state index contributed by atoms with van der Waals surface area (Å²) >= 11 is 11.6. The van der Waals surface area contributed by atoms with Gasteiger partial charge < -0.3 is 10.4 Å². The van der Waals surface area contributed by atoms with Crippen molar-refractivity contribution in [3.05, 3.63) is 57.8 Å². The van der Waals surface area contributed by atoms with Crippen molar-refractivity contribution in [2.24, 2.45) is 0 Å². The second-order valence-electron chi connectivity index (χ2n) is 3.75. The molecule has 6 heteroatoms. The predicted molar refractivity (Wildman–Crippen MR) is 72.5 cm³/mol. The molecular weight excluding hydrogens is 292 g/mol. The number of nitrogens with one attached hydrogen (secondary N) is 1. The lowest BCUT2D eigenvalue weighted by atomic mass is 10.2. The van der Waals surface area contributed by atoms with Crippen molar-refractivity contribution in [1.29, 1.82) is 0 Å². The molecule has 98 valence electrons. The van der Waals surface area contributed by atoms with E-state index in [0.717, 1.165) is 12.1 Å². The lowest BCUT2D eigenvalue weighted by Gasteiger charge is -2.09. The summed E-state index contributed by atoms with van der Waals surface area (Å²) in [5.74, 6) is -1.14. The first kappa shape index (κ1) is 13.6. The molecule has 0 spiro atoms. The lowest BCUT2D eigenvalue weighted by Crippen LogP contribution is -2.12. The molecule has 0 fully saturated rings. The molecule has 2 aromatic carbocycles. The van der Waals surface area contributed by atoms with Crippen LogP contribution in [0, 0.1) is 5.82 Å². The Morgan fingerprint density at radius 1 is 1.16 bits per heavy atom. The Labute approximate surface area is 118 Å². The van der Waals surface area contributed by atoms with Crippen molar-refractivity contribution >= 4 is 34.8 Å². The smallest absolute Gasteiger partial charge is 0.255 e. The van der Waals surface area contributed by atoms with Gasteiger partial charge >= 0.3 is 0 Å². The van der Waals surface area contributed by atoms with Crippen molar-refractivity contribution < 1.29 is 14.3 Å². The van der Waals surface area contributed by atoms with Crippen LogP contribution in [0.1, 0.15) is 10.4 Å².